The van der Waals surface area contributed by atoms with Gasteiger partial charge in [0.2, 0.25) is 0 Å². The minimum atomic E-state index is -0.216. The largest absolute Gasteiger partial charge is 0.399 e. The van der Waals surface area contributed by atoms with Gasteiger partial charge in [0.1, 0.15) is 0 Å². The van der Waals surface area contributed by atoms with E-state index in [2.05, 4.69) is 0 Å². The highest BCUT2D eigenvalue weighted by atomic mass is 35.5. The molecule has 1 aromatic carbocycles. The number of benzene rings is 1. The van der Waals surface area contributed by atoms with Crippen LogP contribution in [0.5, 0.6) is 0 Å². The maximum Gasteiger partial charge on any atom is 0.162 e. The molecule has 2 rings (SSSR count). The first-order chi connectivity index (χ1) is 6.65. The molecule has 1 atom stereocenters. The zero-order chi connectivity index (χ0) is 10.3. The molecule has 1 aromatic rings. The summed E-state index contributed by atoms with van der Waals surface area (Å²) in [4.78, 5) is 14.7. The minimum Gasteiger partial charge on any atom is -0.399 e. The van der Waals surface area contributed by atoms with E-state index in [1.165, 1.54) is 0 Å². The molecule has 4 nitrogen and oxygen atoms in total. The first kappa shape index (κ1) is 11.7. The number of anilines is 3. The lowest BCUT2D eigenvalue weighted by Crippen LogP contribution is -2.40. The Bertz CT molecular complexity index is 383. The SMILES string of the molecule is CN1c2ccc(N)cc2N(C)C1C=O.Cl. The average molecular weight is 228 g/mol. The molecule has 0 saturated heterocycles. The topological polar surface area (TPSA) is 49.6 Å². The van der Waals surface area contributed by atoms with E-state index in [-0.39, 0.29) is 18.6 Å². The van der Waals surface area contributed by atoms with E-state index in [4.69, 9.17) is 5.73 Å². The standard InChI is InChI=1S/C10H13N3O.ClH/c1-12-8-4-3-7(11)5-9(8)13(2)10(12)6-14;/h3-6,10H,11H2,1-2H3;1H. The van der Waals surface area contributed by atoms with Crippen molar-refractivity contribution in [3.05, 3.63) is 18.2 Å². The Morgan fingerprint density at radius 3 is 2.47 bits per heavy atom. The molecule has 1 aliphatic rings. The predicted octanol–water partition coefficient (Wildman–Crippen LogP) is 1.10. The zero-order valence-corrected chi connectivity index (χ0v) is 9.49. The van der Waals surface area contributed by atoms with Crippen LogP contribution in [0.25, 0.3) is 0 Å². The molecule has 5 heteroatoms. The highest BCUT2D eigenvalue weighted by Crippen LogP contribution is 2.37. The van der Waals surface area contributed by atoms with Gasteiger partial charge in [-0.15, -0.1) is 12.4 Å². The Kier molecular flexibility index (Phi) is 3.09. The van der Waals surface area contributed by atoms with E-state index >= 15 is 0 Å². The molecule has 15 heavy (non-hydrogen) atoms. The summed E-state index contributed by atoms with van der Waals surface area (Å²) in [5.74, 6) is 0. The van der Waals surface area contributed by atoms with Gasteiger partial charge in [-0.25, -0.2) is 0 Å². The van der Waals surface area contributed by atoms with Crippen molar-refractivity contribution in [2.24, 2.45) is 0 Å². The summed E-state index contributed by atoms with van der Waals surface area (Å²) in [6, 6.07) is 5.66. The quantitative estimate of drug-likeness (QED) is 0.577. The summed E-state index contributed by atoms with van der Waals surface area (Å²) in [6.07, 6.45) is 0.711. The Morgan fingerprint density at radius 1 is 1.27 bits per heavy atom. The number of carbonyl (C=O) groups is 1. The van der Waals surface area contributed by atoms with Crippen molar-refractivity contribution in [1.82, 2.24) is 0 Å². The van der Waals surface area contributed by atoms with Gasteiger partial charge in [-0.1, -0.05) is 0 Å². The fraction of sp³-hybridized carbons (Fsp3) is 0.300. The number of nitrogen functional groups attached to an aromatic ring is 1. The fourth-order valence-electron chi connectivity index (χ4n) is 1.85. The summed E-state index contributed by atoms with van der Waals surface area (Å²) < 4.78 is 0. The third kappa shape index (κ3) is 1.61. The number of carbonyl (C=O) groups excluding carboxylic acids is 1. The molecule has 2 N–H and O–H groups in total. The fourth-order valence-corrected chi connectivity index (χ4v) is 1.85. The molecule has 0 amide bonds. The van der Waals surface area contributed by atoms with Crippen LogP contribution in [0.1, 0.15) is 0 Å². The number of fused-ring (bicyclic) bond motifs is 1. The van der Waals surface area contributed by atoms with E-state index in [9.17, 15) is 4.79 Å². The van der Waals surface area contributed by atoms with Gasteiger partial charge >= 0.3 is 0 Å². The van der Waals surface area contributed by atoms with E-state index < -0.39 is 0 Å². The van der Waals surface area contributed by atoms with Gasteiger partial charge in [0.15, 0.2) is 12.5 Å². The van der Waals surface area contributed by atoms with Gasteiger partial charge in [-0.05, 0) is 18.2 Å². The summed E-state index contributed by atoms with van der Waals surface area (Å²) >= 11 is 0. The minimum absolute atomic E-state index is 0. The molecule has 1 heterocycles. The van der Waals surface area contributed by atoms with Crippen molar-refractivity contribution in [3.8, 4) is 0 Å². The van der Waals surface area contributed by atoms with Crippen molar-refractivity contribution < 1.29 is 4.79 Å². The van der Waals surface area contributed by atoms with E-state index in [1.807, 2.05) is 42.1 Å². The van der Waals surface area contributed by atoms with Crippen molar-refractivity contribution in [2.75, 3.05) is 29.6 Å². The number of nitrogens with two attached hydrogens (primary N) is 1. The summed E-state index contributed by atoms with van der Waals surface area (Å²) in [5.41, 5.74) is 8.45. The van der Waals surface area contributed by atoms with E-state index in [1.54, 1.807) is 0 Å². The molecule has 0 saturated carbocycles. The maximum absolute atomic E-state index is 10.9. The third-order valence-corrected chi connectivity index (χ3v) is 2.67. The maximum atomic E-state index is 10.9. The summed E-state index contributed by atoms with van der Waals surface area (Å²) in [6.45, 7) is 0. The summed E-state index contributed by atoms with van der Waals surface area (Å²) in [7, 11) is 3.79. The number of hydrogen-bond donors (Lipinski definition) is 1. The van der Waals surface area contributed by atoms with Gasteiger partial charge < -0.3 is 15.5 Å². The van der Waals surface area contributed by atoms with Crippen LogP contribution in [-0.2, 0) is 4.79 Å². The lowest BCUT2D eigenvalue weighted by molar-refractivity contribution is -0.108. The molecule has 1 unspecified atom stereocenters. The Labute approximate surface area is 95.1 Å². The molecule has 82 valence electrons. The molecule has 0 spiro atoms. The molecular weight excluding hydrogens is 214 g/mol. The van der Waals surface area contributed by atoms with Crippen LogP contribution in [-0.4, -0.2) is 26.5 Å². The molecule has 1 aliphatic heterocycles. The van der Waals surface area contributed by atoms with Crippen LogP contribution in [0.3, 0.4) is 0 Å². The predicted molar refractivity (Wildman–Crippen MR) is 64.8 cm³/mol. The highest BCUT2D eigenvalue weighted by Gasteiger charge is 2.30. The van der Waals surface area contributed by atoms with Crippen LogP contribution < -0.4 is 15.5 Å². The smallest absolute Gasteiger partial charge is 0.162 e. The number of aldehydes is 1. The van der Waals surface area contributed by atoms with Crippen molar-refractivity contribution in [2.45, 2.75) is 6.17 Å². The first-order valence-electron chi connectivity index (χ1n) is 4.45. The second-order valence-electron chi connectivity index (χ2n) is 3.52. The van der Waals surface area contributed by atoms with Gasteiger partial charge in [-0.2, -0.15) is 0 Å². The Hall–Kier alpha value is -1.42. The van der Waals surface area contributed by atoms with Gasteiger partial charge in [0.25, 0.3) is 0 Å². The van der Waals surface area contributed by atoms with Crippen molar-refractivity contribution >= 4 is 35.8 Å². The van der Waals surface area contributed by atoms with Crippen LogP contribution in [0.4, 0.5) is 17.1 Å². The van der Waals surface area contributed by atoms with Crippen molar-refractivity contribution in [1.29, 1.82) is 0 Å². The van der Waals surface area contributed by atoms with Crippen LogP contribution >= 0.6 is 12.4 Å². The molecule has 0 fully saturated rings. The number of hydrogen-bond acceptors (Lipinski definition) is 4. The van der Waals surface area contributed by atoms with Gasteiger partial charge in [0.05, 0.1) is 11.4 Å². The first-order valence-corrected chi connectivity index (χ1v) is 4.45. The van der Waals surface area contributed by atoms with Gasteiger partial charge in [-0.3, -0.25) is 4.79 Å². The zero-order valence-electron chi connectivity index (χ0n) is 8.68. The second-order valence-corrected chi connectivity index (χ2v) is 3.52. The number of rotatable bonds is 1. The molecule has 0 radical (unpaired) electrons. The van der Waals surface area contributed by atoms with Gasteiger partial charge in [0, 0.05) is 19.8 Å². The van der Waals surface area contributed by atoms with Crippen LogP contribution in [0, 0.1) is 0 Å². The second kappa shape index (κ2) is 3.98. The molecule has 0 aliphatic carbocycles. The number of halogens is 1. The summed E-state index contributed by atoms with van der Waals surface area (Å²) in [5, 5.41) is 0. The van der Waals surface area contributed by atoms with Crippen LogP contribution in [0.15, 0.2) is 18.2 Å². The Morgan fingerprint density at radius 2 is 1.87 bits per heavy atom. The highest BCUT2D eigenvalue weighted by molar-refractivity contribution is 5.87. The normalized spacial score (nSPS) is 18.4. The monoisotopic (exact) mass is 227 g/mol. The number of nitrogens with zero attached hydrogens (tertiary/aromatic N) is 2. The lowest BCUT2D eigenvalue weighted by Gasteiger charge is -2.21. The lowest BCUT2D eigenvalue weighted by atomic mass is 10.2. The van der Waals surface area contributed by atoms with E-state index in [0.29, 0.717) is 0 Å². The Balaban J connectivity index is 0.00000112. The van der Waals surface area contributed by atoms with Crippen molar-refractivity contribution in [3.63, 3.8) is 0 Å². The average Bonchev–Trinajstić information content (AvgIpc) is 2.39. The van der Waals surface area contributed by atoms with E-state index in [0.717, 1.165) is 23.3 Å². The molecule has 0 bridgehead atoms. The van der Waals surface area contributed by atoms with Crippen LogP contribution in [0.2, 0.25) is 0 Å². The molecular formula is C10H14ClN3O. The molecule has 0 aromatic heterocycles. The third-order valence-electron chi connectivity index (χ3n) is 2.67. The number of likely N-dealkylation sites (N-methyl/N-ethyl adjacent to an activating group) is 2.